The molecule has 1 atom stereocenters. The summed E-state index contributed by atoms with van der Waals surface area (Å²) in [5.41, 5.74) is 2.43. The minimum absolute atomic E-state index is 0.0234. The molecule has 1 unspecified atom stereocenters. The number of anilines is 1. The number of carbonyl (C=O) groups excluding carboxylic acids is 1. The van der Waals surface area contributed by atoms with Crippen LogP contribution in [0.2, 0.25) is 0 Å². The molecule has 3 rings (SSSR count). The van der Waals surface area contributed by atoms with Crippen molar-refractivity contribution in [2.45, 2.75) is 32.2 Å². The van der Waals surface area contributed by atoms with Gasteiger partial charge in [-0.05, 0) is 62.2 Å². The number of hydrogen-bond acceptors (Lipinski definition) is 5. The van der Waals surface area contributed by atoms with Gasteiger partial charge in [-0.1, -0.05) is 36.8 Å². The highest BCUT2D eigenvalue weighted by Crippen LogP contribution is 2.26. The monoisotopic (exact) mass is 459 g/mol. The van der Waals surface area contributed by atoms with Crippen LogP contribution in [-0.4, -0.2) is 58.8 Å². The van der Waals surface area contributed by atoms with Crippen LogP contribution in [-0.2, 0) is 14.8 Å². The lowest BCUT2D eigenvalue weighted by molar-refractivity contribution is -0.119. The first-order valence-corrected chi connectivity index (χ1v) is 12.8. The van der Waals surface area contributed by atoms with Crippen molar-refractivity contribution < 1.29 is 17.9 Å². The molecule has 1 heterocycles. The molecule has 0 saturated carbocycles. The van der Waals surface area contributed by atoms with Crippen molar-refractivity contribution in [3.05, 3.63) is 59.7 Å². The molecule has 1 fully saturated rings. The highest BCUT2D eigenvalue weighted by atomic mass is 32.2. The summed E-state index contributed by atoms with van der Waals surface area (Å²) in [5, 5.41) is 2.98. The van der Waals surface area contributed by atoms with Crippen LogP contribution in [0.15, 0.2) is 48.5 Å². The highest BCUT2D eigenvalue weighted by molar-refractivity contribution is 7.92. The zero-order valence-electron chi connectivity index (χ0n) is 19.1. The number of hydrogen-bond donors (Lipinski definition) is 1. The summed E-state index contributed by atoms with van der Waals surface area (Å²) in [6, 6.07) is 15.1. The van der Waals surface area contributed by atoms with Crippen molar-refractivity contribution in [2.75, 3.05) is 43.8 Å². The van der Waals surface area contributed by atoms with Crippen molar-refractivity contribution in [3.8, 4) is 5.75 Å². The van der Waals surface area contributed by atoms with E-state index in [4.69, 9.17) is 4.74 Å². The lowest BCUT2D eigenvalue weighted by atomic mass is 10.0. The van der Waals surface area contributed by atoms with E-state index in [1.807, 2.05) is 43.3 Å². The standard InChI is InChI=1S/C24H33N3O4S/c1-19-9-5-6-10-22(19)27(32(3,29)30)18-24(28)25-17-23(26-15-7-4-8-16-26)20-11-13-21(31-2)14-12-20/h5-6,9-14,23H,4,7-8,15-18H2,1-3H3,(H,25,28). The fraction of sp³-hybridized carbons (Fsp3) is 0.458. The quantitative estimate of drug-likeness (QED) is 0.623. The SMILES string of the molecule is COc1ccc(C(CNC(=O)CN(c2ccccc2C)S(C)(=O)=O)N2CCCCC2)cc1. The average molecular weight is 460 g/mol. The van der Waals surface area contributed by atoms with E-state index in [2.05, 4.69) is 10.2 Å². The number of benzene rings is 2. The molecule has 2 aromatic rings. The topological polar surface area (TPSA) is 79.0 Å². The lowest BCUT2D eigenvalue weighted by Gasteiger charge is -2.35. The molecule has 174 valence electrons. The first-order valence-electron chi connectivity index (χ1n) is 11.0. The van der Waals surface area contributed by atoms with Gasteiger partial charge in [0.15, 0.2) is 0 Å². The van der Waals surface area contributed by atoms with Crippen LogP contribution in [0.5, 0.6) is 5.75 Å². The van der Waals surface area contributed by atoms with E-state index in [0.29, 0.717) is 12.2 Å². The molecule has 0 spiro atoms. The molecule has 1 saturated heterocycles. The Balaban J connectivity index is 1.74. The maximum absolute atomic E-state index is 12.8. The zero-order chi connectivity index (χ0) is 23.1. The third-order valence-corrected chi connectivity index (χ3v) is 7.02. The van der Waals surface area contributed by atoms with Crippen LogP contribution in [0.25, 0.3) is 0 Å². The predicted octanol–water partition coefficient (Wildman–Crippen LogP) is 3.11. The molecule has 1 N–H and O–H groups in total. The maximum atomic E-state index is 12.8. The van der Waals surface area contributed by atoms with Gasteiger partial charge < -0.3 is 10.1 Å². The Bertz CT molecular complexity index is 1000. The number of aryl methyl sites for hydroxylation is 1. The molecular weight excluding hydrogens is 426 g/mol. The Labute approximate surface area is 191 Å². The van der Waals surface area contributed by atoms with E-state index >= 15 is 0 Å². The van der Waals surface area contributed by atoms with Crippen molar-refractivity contribution in [2.24, 2.45) is 0 Å². The molecule has 2 aromatic carbocycles. The number of sulfonamides is 1. The molecule has 0 aromatic heterocycles. The zero-order valence-corrected chi connectivity index (χ0v) is 19.9. The van der Waals surface area contributed by atoms with Crippen molar-refractivity contribution in [3.63, 3.8) is 0 Å². The molecule has 0 aliphatic carbocycles. The van der Waals surface area contributed by atoms with Gasteiger partial charge in [-0.25, -0.2) is 8.42 Å². The fourth-order valence-electron chi connectivity index (χ4n) is 4.14. The highest BCUT2D eigenvalue weighted by Gasteiger charge is 2.25. The predicted molar refractivity (Wildman–Crippen MR) is 128 cm³/mol. The van der Waals surface area contributed by atoms with Crippen molar-refractivity contribution >= 4 is 21.6 Å². The normalized spacial score (nSPS) is 15.7. The molecule has 1 aliphatic heterocycles. The van der Waals surface area contributed by atoms with Gasteiger partial charge in [-0.2, -0.15) is 0 Å². The van der Waals surface area contributed by atoms with E-state index < -0.39 is 10.0 Å². The number of para-hydroxylation sites is 1. The molecule has 32 heavy (non-hydrogen) atoms. The summed E-state index contributed by atoms with van der Waals surface area (Å²) in [4.78, 5) is 15.2. The third kappa shape index (κ3) is 6.23. The number of amides is 1. The second-order valence-electron chi connectivity index (χ2n) is 8.25. The number of likely N-dealkylation sites (tertiary alicyclic amines) is 1. The maximum Gasteiger partial charge on any atom is 0.240 e. The van der Waals surface area contributed by atoms with Gasteiger partial charge in [0.1, 0.15) is 12.3 Å². The van der Waals surface area contributed by atoms with Gasteiger partial charge in [-0.15, -0.1) is 0 Å². The van der Waals surface area contributed by atoms with Crippen molar-refractivity contribution in [1.29, 1.82) is 0 Å². The van der Waals surface area contributed by atoms with Crippen LogP contribution in [0.1, 0.15) is 36.4 Å². The summed E-state index contributed by atoms with van der Waals surface area (Å²) in [5.74, 6) is 0.464. The van der Waals surface area contributed by atoms with Crippen LogP contribution < -0.4 is 14.4 Å². The second-order valence-corrected chi connectivity index (χ2v) is 10.2. The van der Waals surface area contributed by atoms with Crippen LogP contribution in [0.3, 0.4) is 0 Å². The summed E-state index contributed by atoms with van der Waals surface area (Å²) in [6.07, 6.45) is 4.62. The fourth-order valence-corrected chi connectivity index (χ4v) is 5.05. The summed E-state index contributed by atoms with van der Waals surface area (Å²) in [7, 11) is -1.97. The number of methoxy groups -OCH3 is 1. The van der Waals surface area contributed by atoms with Gasteiger partial charge in [0, 0.05) is 6.54 Å². The van der Waals surface area contributed by atoms with E-state index in [1.54, 1.807) is 19.2 Å². The van der Waals surface area contributed by atoms with Gasteiger partial charge in [0.05, 0.1) is 25.1 Å². The molecular formula is C24H33N3O4S. The van der Waals surface area contributed by atoms with Gasteiger partial charge >= 0.3 is 0 Å². The Kier molecular flexibility index (Phi) is 8.15. The molecule has 8 heteroatoms. The Morgan fingerprint density at radius 1 is 1.09 bits per heavy atom. The Morgan fingerprint density at radius 3 is 2.34 bits per heavy atom. The third-order valence-electron chi connectivity index (χ3n) is 5.90. The summed E-state index contributed by atoms with van der Waals surface area (Å²) in [6.45, 7) is 3.95. The number of nitrogens with zero attached hydrogens (tertiary/aromatic N) is 2. The van der Waals surface area contributed by atoms with Gasteiger partial charge in [-0.3, -0.25) is 14.0 Å². The van der Waals surface area contributed by atoms with E-state index in [1.165, 1.54) is 10.7 Å². The first kappa shape index (κ1) is 24.1. The minimum Gasteiger partial charge on any atom is -0.497 e. The smallest absolute Gasteiger partial charge is 0.240 e. The van der Waals surface area contributed by atoms with Gasteiger partial charge in [0.25, 0.3) is 0 Å². The van der Waals surface area contributed by atoms with E-state index in [0.717, 1.165) is 49.1 Å². The number of piperidine rings is 1. The van der Waals surface area contributed by atoms with Crippen LogP contribution in [0, 0.1) is 6.92 Å². The largest absolute Gasteiger partial charge is 0.497 e. The van der Waals surface area contributed by atoms with Crippen LogP contribution >= 0.6 is 0 Å². The average Bonchev–Trinajstić information content (AvgIpc) is 2.78. The summed E-state index contributed by atoms with van der Waals surface area (Å²) >= 11 is 0. The summed E-state index contributed by atoms with van der Waals surface area (Å²) < 4.78 is 31.3. The first-order chi connectivity index (χ1) is 15.3. The van der Waals surface area contributed by atoms with E-state index in [-0.39, 0.29) is 18.5 Å². The number of carbonyl (C=O) groups is 1. The Morgan fingerprint density at radius 2 is 1.75 bits per heavy atom. The van der Waals surface area contributed by atoms with E-state index in [9.17, 15) is 13.2 Å². The molecule has 0 radical (unpaired) electrons. The van der Waals surface area contributed by atoms with Crippen LogP contribution in [0.4, 0.5) is 5.69 Å². The lowest BCUT2D eigenvalue weighted by Crippen LogP contribution is -2.44. The number of rotatable bonds is 9. The Hall–Kier alpha value is -2.58. The number of nitrogens with one attached hydrogen (secondary N) is 1. The molecule has 1 aliphatic rings. The minimum atomic E-state index is -3.61. The molecule has 7 nitrogen and oxygen atoms in total. The van der Waals surface area contributed by atoms with Crippen molar-refractivity contribution in [1.82, 2.24) is 10.2 Å². The second kappa shape index (κ2) is 10.8. The molecule has 1 amide bonds. The molecule has 0 bridgehead atoms. The van der Waals surface area contributed by atoms with Gasteiger partial charge in [0.2, 0.25) is 15.9 Å². The number of ether oxygens (including phenoxy) is 1.